The Morgan fingerprint density at radius 3 is 2.47 bits per heavy atom. The highest BCUT2D eigenvalue weighted by atomic mass is 16.1. The number of benzene rings is 1. The molecule has 0 saturated heterocycles. The summed E-state index contributed by atoms with van der Waals surface area (Å²) in [4.78, 5) is 14.8. The summed E-state index contributed by atoms with van der Waals surface area (Å²) in [7, 11) is 2.05. The topological polar surface area (TPSA) is 20.3 Å². The zero-order valence-corrected chi connectivity index (χ0v) is 13.2. The molecule has 0 aliphatic heterocycles. The van der Waals surface area contributed by atoms with Crippen LogP contribution in [0.5, 0.6) is 0 Å². The molecule has 0 spiro atoms. The predicted octanol–water partition coefficient (Wildman–Crippen LogP) is 4.00. The average molecular weight is 261 g/mol. The standard InChI is InChI=1S/C17H27NO/c1-7-8-14(4)18(6)15(5)17(19)16-11-12(2)9-10-13(16)3/h9-11,14-15H,7-8H2,1-6H3. The van der Waals surface area contributed by atoms with Gasteiger partial charge < -0.3 is 0 Å². The van der Waals surface area contributed by atoms with Crippen molar-refractivity contribution in [2.24, 2.45) is 0 Å². The van der Waals surface area contributed by atoms with Crippen molar-refractivity contribution < 1.29 is 4.79 Å². The minimum atomic E-state index is -0.0675. The molecule has 2 heteroatoms. The number of hydrogen-bond acceptors (Lipinski definition) is 2. The number of nitrogens with zero attached hydrogens (tertiary/aromatic N) is 1. The van der Waals surface area contributed by atoms with Crippen molar-refractivity contribution in [1.29, 1.82) is 0 Å². The number of aryl methyl sites for hydroxylation is 2. The zero-order chi connectivity index (χ0) is 14.6. The molecule has 0 aliphatic rings. The minimum Gasteiger partial charge on any atom is -0.294 e. The van der Waals surface area contributed by atoms with E-state index in [2.05, 4.69) is 24.8 Å². The van der Waals surface area contributed by atoms with E-state index in [1.165, 1.54) is 0 Å². The van der Waals surface area contributed by atoms with E-state index in [-0.39, 0.29) is 11.8 Å². The molecule has 106 valence electrons. The first-order valence-electron chi connectivity index (χ1n) is 7.21. The first-order valence-corrected chi connectivity index (χ1v) is 7.21. The van der Waals surface area contributed by atoms with E-state index < -0.39 is 0 Å². The molecule has 0 N–H and O–H groups in total. The summed E-state index contributed by atoms with van der Waals surface area (Å²) in [6.45, 7) is 10.4. The predicted molar refractivity (Wildman–Crippen MR) is 81.8 cm³/mol. The van der Waals surface area contributed by atoms with E-state index >= 15 is 0 Å². The smallest absolute Gasteiger partial charge is 0.179 e. The van der Waals surface area contributed by atoms with Crippen LogP contribution in [0, 0.1) is 13.8 Å². The molecule has 0 aliphatic carbocycles. The summed E-state index contributed by atoms with van der Waals surface area (Å²) in [6.07, 6.45) is 2.27. The molecule has 0 radical (unpaired) electrons. The van der Waals surface area contributed by atoms with Gasteiger partial charge in [0.2, 0.25) is 0 Å². The number of carbonyl (C=O) groups excluding carboxylic acids is 1. The van der Waals surface area contributed by atoms with Crippen LogP contribution in [0.4, 0.5) is 0 Å². The number of carbonyl (C=O) groups is 1. The molecule has 1 rings (SSSR count). The Balaban J connectivity index is 2.90. The third-order valence-corrected chi connectivity index (χ3v) is 4.05. The number of rotatable bonds is 6. The molecule has 0 amide bonds. The van der Waals surface area contributed by atoms with Crippen LogP contribution in [0.1, 0.15) is 55.1 Å². The molecule has 2 nitrogen and oxygen atoms in total. The number of Topliss-reactive ketones (excluding diaryl/α,β-unsaturated/α-hetero) is 1. The van der Waals surface area contributed by atoms with Gasteiger partial charge in [0.15, 0.2) is 5.78 Å². The van der Waals surface area contributed by atoms with E-state index in [9.17, 15) is 4.79 Å². The fraction of sp³-hybridized carbons (Fsp3) is 0.588. The Bertz CT molecular complexity index is 439. The van der Waals surface area contributed by atoms with E-state index in [4.69, 9.17) is 0 Å². The minimum absolute atomic E-state index is 0.0675. The Morgan fingerprint density at radius 2 is 1.89 bits per heavy atom. The summed E-state index contributed by atoms with van der Waals surface area (Å²) in [5.41, 5.74) is 3.08. The van der Waals surface area contributed by atoms with Gasteiger partial charge in [0.05, 0.1) is 6.04 Å². The van der Waals surface area contributed by atoms with Crippen LogP contribution in [0.25, 0.3) is 0 Å². The Hall–Kier alpha value is -1.15. The van der Waals surface area contributed by atoms with Crippen molar-refractivity contribution in [1.82, 2.24) is 4.90 Å². The Labute approximate surface area is 117 Å². The highest BCUT2D eigenvalue weighted by molar-refractivity contribution is 6.01. The second kappa shape index (κ2) is 6.85. The van der Waals surface area contributed by atoms with Gasteiger partial charge >= 0.3 is 0 Å². The normalized spacial score (nSPS) is 14.5. The molecule has 0 saturated carbocycles. The van der Waals surface area contributed by atoms with E-state index in [1.54, 1.807) is 0 Å². The summed E-state index contributed by atoms with van der Waals surface area (Å²) in [6, 6.07) is 6.47. The van der Waals surface area contributed by atoms with Crippen LogP contribution in [0.3, 0.4) is 0 Å². The van der Waals surface area contributed by atoms with Gasteiger partial charge in [0, 0.05) is 11.6 Å². The van der Waals surface area contributed by atoms with Crippen LogP contribution in [0.2, 0.25) is 0 Å². The lowest BCUT2D eigenvalue weighted by Gasteiger charge is -2.30. The third-order valence-electron chi connectivity index (χ3n) is 4.05. The summed E-state index contributed by atoms with van der Waals surface area (Å²) >= 11 is 0. The van der Waals surface area contributed by atoms with E-state index in [1.807, 2.05) is 40.0 Å². The maximum absolute atomic E-state index is 12.6. The summed E-state index contributed by atoms with van der Waals surface area (Å²) in [5, 5.41) is 0. The van der Waals surface area contributed by atoms with E-state index in [0.717, 1.165) is 29.5 Å². The quantitative estimate of drug-likeness (QED) is 0.722. The SMILES string of the molecule is CCCC(C)N(C)C(C)C(=O)c1cc(C)ccc1C. The largest absolute Gasteiger partial charge is 0.294 e. The molecule has 0 aromatic heterocycles. The maximum atomic E-state index is 12.6. The van der Waals surface area contributed by atoms with Gasteiger partial charge in [-0.05, 0) is 52.8 Å². The first kappa shape index (κ1) is 15.9. The highest BCUT2D eigenvalue weighted by Gasteiger charge is 2.23. The van der Waals surface area contributed by atoms with Gasteiger partial charge in [0.25, 0.3) is 0 Å². The van der Waals surface area contributed by atoms with Gasteiger partial charge in [-0.1, -0.05) is 31.0 Å². The first-order chi connectivity index (χ1) is 8.88. The fourth-order valence-corrected chi connectivity index (χ4v) is 2.41. The van der Waals surface area contributed by atoms with Crippen LogP contribution >= 0.6 is 0 Å². The monoisotopic (exact) mass is 261 g/mol. The Kier molecular flexibility index (Phi) is 5.74. The molecular weight excluding hydrogens is 234 g/mol. The molecule has 1 aromatic rings. The van der Waals surface area contributed by atoms with Crippen molar-refractivity contribution in [2.75, 3.05) is 7.05 Å². The lowest BCUT2D eigenvalue weighted by atomic mass is 9.97. The van der Waals surface area contributed by atoms with Crippen LogP contribution in [-0.2, 0) is 0 Å². The molecule has 2 unspecified atom stereocenters. The van der Waals surface area contributed by atoms with Crippen LogP contribution < -0.4 is 0 Å². The second-order valence-corrected chi connectivity index (χ2v) is 5.66. The Morgan fingerprint density at radius 1 is 1.26 bits per heavy atom. The molecular formula is C17H27NO. The molecule has 0 fully saturated rings. The van der Waals surface area contributed by atoms with Crippen molar-refractivity contribution in [3.8, 4) is 0 Å². The van der Waals surface area contributed by atoms with E-state index in [0.29, 0.717) is 6.04 Å². The second-order valence-electron chi connectivity index (χ2n) is 5.66. The lowest BCUT2D eigenvalue weighted by Crippen LogP contribution is -2.41. The summed E-state index contributed by atoms with van der Waals surface area (Å²) < 4.78 is 0. The van der Waals surface area contributed by atoms with Crippen molar-refractivity contribution in [2.45, 2.75) is 59.5 Å². The number of hydrogen-bond donors (Lipinski definition) is 0. The molecule has 19 heavy (non-hydrogen) atoms. The van der Waals surface area contributed by atoms with Crippen LogP contribution in [0.15, 0.2) is 18.2 Å². The van der Waals surface area contributed by atoms with Crippen LogP contribution in [-0.4, -0.2) is 29.8 Å². The number of ketones is 1. The van der Waals surface area contributed by atoms with Crippen molar-refractivity contribution in [3.05, 3.63) is 34.9 Å². The van der Waals surface area contributed by atoms with Gasteiger partial charge in [0.1, 0.15) is 0 Å². The highest BCUT2D eigenvalue weighted by Crippen LogP contribution is 2.17. The number of likely N-dealkylation sites (N-methyl/N-ethyl adjacent to an activating group) is 1. The van der Waals surface area contributed by atoms with Gasteiger partial charge in [-0.15, -0.1) is 0 Å². The summed E-state index contributed by atoms with van der Waals surface area (Å²) in [5.74, 6) is 0.228. The van der Waals surface area contributed by atoms with Crippen molar-refractivity contribution >= 4 is 5.78 Å². The van der Waals surface area contributed by atoms with Gasteiger partial charge in [-0.3, -0.25) is 9.69 Å². The zero-order valence-electron chi connectivity index (χ0n) is 13.2. The average Bonchev–Trinajstić information content (AvgIpc) is 2.39. The lowest BCUT2D eigenvalue weighted by molar-refractivity contribution is 0.0819. The molecule has 1 aromatic carbocycles. The van der Waals surface area contributed by atoms with Gasteiger partial charge in [-0.25, -0.2) is 0 Å². The third kappa shape index (κ3) is 3.90. The fourth-order valence-electron chi connectivity index (χ4n) is 2.41. The maximum Gasteiger partial charge on any atom is 0.179 e. The van der Waals surface area contributed by atoms with Crippen molar-refractivity contribution in [3.63, 3.8) is 0 Å². The molecule has 0 heterocycles. The molecule has 0 bridgehead atoms. The van der Waals surface area contributed by atoms with Gasteiger partial charge in [-0.2, -0.15) is 0 Å². The molecule has 2 atom stereocenters.